The lowest BCUT2D eigenvalue weighted by Gasteiger charge is -2.34. The number of aromatic nitrogens is 3. The van der Waals surface area contributed by atoms with Crippen LogP contribution in [0, 0.1) is 12.3 Å². The van der Waals surface area contributed by atoms with E-state index in [2.05, 4.69) is 36.5 Å². The quantitative estimate of drug-likeness (QED) is 0.934. The Morgan fingerprint density at radius 3 is 2.90 bits per heavy atom. The van der Waals surface area contributed by atoms with Crippen molar-refractivity contribution in [3.8, 4) is 0 Å². The number of aryl methyl sites for hydroxylation is 2. The van der Waals surface area contributed by atoms with Gasteiger partial charge in [-0.25, -0.2) is 0 Å². The molecule has 2 N–H and O–H groups in total. The van der Waals surface area contributed by atoms with Gasteiger partial charge in [0.1, 0.15) is 0 Å². The minimum atomic E-state index is 0.179. The van der Waals surface area contributed by atoms with Crippen LogP contribution in [0.2, 0.25) is 0 Å². The Morgan fingerprint density at radius 2 is 2.20 bits per heavy atom. The lowest BCUT2D eigenvalue weighted by molar-refractivity contribution is 0.274. The summed E-state index contributed by atoms with van der Waals surface area (Å²) in [5.74, 6) is 0. The average molecular weight is 272 g/mol. The molecular weight excluding hydrogens is 248 g/mol. The first-order valence-electron chi connectivity index (χ1n) is 7.38. The molecule has 0 saturated heterocycles. The van der Waals surface area contributed by atoms with Crippen molar-refractivity contribution in [3.05, 3.63) is 41.5 Å². The van der Waals surface area contributed by atoms with Gasteiger partial charge in [0.05, 0.1) is 6.54 Å². The second-order valence-corrected chi connectivity index (χ2v) is 6.76. The molecule has 0 aromatic carbocycles. The summed E-state index contributed by atoms with van der Waals surface area (Å²) in [6.45, 7) is 8.68. The Morgan fingerprint density at radius 1 is 1.40 bits per heavy atom. The third-order valence-electron chi connectivity index (χ3n) is 4.38. The molecule has 0 radical (unpaired) electrons. The van der Waals surface area contributed by atoms with Crippen molar-refractivity contribution < 1.29 is 0 Å². The first kappa shape index (κ1) is 13.4. The maximum Gasteiger partial charge on any atom is 0.0588 e. The van der Waals surface area contributed by atoms with Crippen LogP contribution in [0.5, 0.6) is 0 Å². The highest BCUT2D eigenvalue weighted by Gasteiger charge is 2.33. The molecule has 108 valence electrons. The summed E-state index contributed by atoms with van der Waals surface area (Å²) in [5.41, 5.74) is 10.7. The van der Waals surface area contributed by atoms with Crippen LogP contribution in [-0.2, 0) is 19.5 Å². The molecule has 1 unspecified atom stereocenters. The van der Waals surface area contributed by atoms with Gasteiger partial charge in [0.15, 0.2) is 0 Å². The summed E-state index contributed by atoms with van der Waals surface area (Å²) in [4.78, 5) is 0. The molecule has 0 fully saturated rings. The molecule has 0 aliphatic heterocycles. The lowest BCUT2D eigenvalue weighted by atomic mass is 9.74. The summed E-state index contributed by atoms with van der Waals surface area (Å²) in [6, 6.07) is 4.42. The summed E-state index contributed by atoms with van der Waals surface area (Å²) < 4.78 is 4.41. The molecule has 4 heteroatoms. The van der Waals surface area contributed by atoms with Crippen LogP contribution in [0.1, 0.15) is 43.3 Å². The molecule has 0 spiro atoms. The van der Waals surface area contributed by atoms with E-state index < -0.39 is 0 Å². The number of nitrogens with zero attached hydrogens (tertiary/aromatic N) is 3. The number of rotatable bonds is 3. The van der Waals surface area contributed by atoms with E-state index in [1.54, 1.807) is 0 Å². The van der Waals surface area contributed by atoms with Gasteiger partial charge in [-0.05, 0) is 42.9 Å². The number of nitrogens with two attached hydrogens (primary N) is 1. The highest BCUT2D eigenvalue weighted by atomic mass is 15.3. The number of hydrogen-bond donors (Lipinski definition) is 1. The zero-order valence-electron chi connectivity index (χ0n) is 12.6. The maximum absolute atomic E-state index is 6.36. The third-order valence-corrected chi connectivity index (χ3v) is 4.38. The monoisotopic (exact) mass is 272 g/mol. The molecular formula is C16H24N4. The Bertz CT molecular complexity index is 592. The van der Waals surface area contributed by atoms with Crippen molar-refractivity contribution in [2.24, 2.45) is 11.1 Å². The van der Waals surface area contributed by atoms with Crippen LogP contribution in [-0.4, -0.2) is 14.3 Å². The normalized spacial score (nSPS) is 20.9. The van der Waals surface area contributed by atoms with Gasteiger partial charge in [0.2, 0.25) is 0 Å². The molecule has 1 aliphatic carbocycles. The molecule has 0 bridgehead atoms. The summed E-state index contributed by atoms with van der Waals surface area (Å²) in [6.07, 6.45) is 6.03. The maximum atomic E-state index is 6.36. The molecule has 0 saturated carbocycles. The summed E-state index contributed by atoms with van der Waals surface area (Å²) in [5, 5.41) is 4.28. The minimum absolute atomic E-state index is 0.179. The number of fused-ring (bicyclic) bond motifs is 1. The molecule has 2 aromatic rings. The van der Waals surface area contributed by atoms with Crippen LogP contribution in [0.15, 0.2) is 24.5 Å². The zero-order chi connectivity index (χ0) is 14.3. The minimum Gasteiger partial charge on any atom is -0.347 e. The summed E-state index contributed by atoms with van der Waals surface area (Å²) >= 11 is 0. The molecule has 20 heavy (non-hydrogen) atoms. The van der Waals surface area contributed by atoms with Crippen molar-refractivity contribution in [1.29, 1.82) is 0 Å². The highest BCUT2D eigenvalue weighted by Crippen LogP contribution is 2.40. The van der Waals surface area contributed by atoms with Crippen molar-refractivity contribution in [2.75, 3.05) is 0 Å². The Labute approximate surface area is 120 Å². The first-order chi connectivity index (χ1) is 9.46. The second-order valence-electron chi connectivity index (χ2n) is 6.76. The van der Waals surface area contributed by atoms with Gasteiger partial charge >= 0.3 is 0 Å². The van der Waals surface area contributed by atoms with Gasteiger partial charge < -0.3 is 10.3 Å². The van der Waals surface area contributed by atoms with E-state index in [1.165, 1.54) is 17.0 Å². The zero-order valence-corrected chi connectivity index (χ0v) is 12.6. The predicted molar refractivity (Wildman–Crippen MR) is 80.4 cm³/mol. The fraction of sp³-hybridized carbons (Fsp3) is 0.562. The topological polar surface area (TPSA) is 48.8 Å². The van der Waals surface area contributed by atoms with Crippen molar-refractivity contribution in [3.63, 3.8) is 0 Å². The standard InChI is InChI=1S/C16H24N4/c1-12-9-13-14(17)10-16(2,3)11-15(13)20(12)8-7-19-6-4-5-18-19/h4-6,9,14H,7-8,10-11,17H2,1-3H3. The molecule has 2 aromatic heterocycles. The van der Waals surface area contributed by atoms with E-state index in [-0.39, 0.29) is 6.04 Å². The smallest absolute Gasteiger partial charge is 0.0588 e. The molecule has 0 amide bonds. The first-order valence-corrected chi connectivity index (χ1v) is 7.38. The van der Waals surface area contributed by atoms with Crippen LogP contribution in [0.25, 0.3) is 0 Å². The van der Waals surface area contributed by atoms with E-state index in [1.807, 2.05) is 23.1 Å². The van der Waals surface area contributed by atoms with Crippen LogP contribution in [0.3, 0.4) is 0 Å². The largest absolute Gasteiger partial charge is 0.347 e. The van der Waals surface area contributed by atoms with Gasteiger partial charge in [-0.1, -0.05) is 13.8 Å². The SMILES string of the molecule is Cc1cc2c(n1CCn1cccn1)CC(C)(C)CC2N. The molecule has 4 nitrogen and oxygen atoms in total. The fourth-order valence-electron chi connectivity index (χ4n) is 3.45. The van der Waals surface area contributed by atoms with E-state index in [0.717, 1.165) is 25.9 Å². The van der Waals surface area contributed by atoms with E-state index >= 15 is 0 Å². The van der Waals surface area contributed by atoms with Crippen LogP contribution in [0.4, 0.5) is 0 Å². The van der Waals surface area contributed by atoms with Gasteiger partial charge in [-0.2, -0.15) is 5.10 Å². The van der Waals surface area contributed by atoms with Gasteiger partial charge in [-0.3, -0.25) is 4.68 Å². The number of hydrogen-bond acceptors (Lipinski definition) is 2. The molecule has 1 aliphatic rings. The van der Waals surface area contributed by atoms with E-state index in [0.29, 0.717) is 5.41 Å². The van der Waals surface area contributed by atoms with Crippen LogP contribution >= 0.6 is 0 Å². The third kappa shape index (κ3) is 2.40. The van der Waals surface area contributed by atoms with Crippen molar-refractivity contribution in [2.45, 2.75) is 52.7 Å². The Balaban J connectivity index is 1.88. The summed E-state index contributed by atoms with van der Waals surface area (Å²) in [7, 11) is 0. The average Bonchev–Trinajstić information content (AvgIpc) is 2.94. The lowest BCUT2D eigenvalue weighted by Crippen LogP contribution is -2.30. The second kappa shape index (κ2) is 4.77. The Kier molecular flexibility index (Phi) is 3.21. The van der Waals surface area contributed by atoms with Gasteiger partial charge in [0, 0.05) is 36.4 Å². The molecule has 2 heterocycles. The molecule has 3 rings (SSSR count). The van der Waals surface area contributed by atoms with Crippen LogP contribution < -0.4 is 5.73 Å². The fourth-order valence-corrected chi connectivity index (χ4v) is 3.45. The van der Waals surface area contributed by atoms with Crippen molar-refractivity contribution >= 4 is 0 Å². The highest BCUT2D eigenvalue weighted by molar-refractivity contribution is 5.34. The van der Waals surface area contributed by atoms with E-state index in [9.17, 15) is 0 Å². The predicted octanol–water partition coefficient (Wildman–Crippen LogP) is 2.67. The van der Waals surface area contributed by atoms with Crippen molar-refractivity contribution in [1.82, 2.24) is 14.3 Å². The van der Waals surface area contributed by atoms with E-state index in [4.69, 9.17) is 5.73 Å². The Hall–Kier alpha value is -1.55. The van der Waals surface area contributed by atoms with Gasteiger partial charge in [0.25, 0.3) is 0 Å². The molecule has 1 atom stereocenters. The van der Waals surface area contributed by atoms with Gasteiger partial charge in [-0.15, -0.1) is 0 Å².